The topological polar surface area (TPSA) is 89.2 Å². The van der Waals surface area contributed by atoms with E-state index in [1.807, 2.05) is 133 Å². The van der Waals surface area contributed by atoms with E-state index in [2.05, 4.69) is 0 Å². The molecule has 1 aliphatic rings. The van der Waals surface area contributed by atoms with E-state index < -0.39 is 36.6 Å². The first-order valence-electron chi connectivity index (χ1n) is 17.3. The third kappa shape index (κ3) is 10.00. The molecule has 0 aliphatic carbocycles. The van der Waals surface area contributed by atoms with Crippen LogP contribution in [-0.4, -0.2) is 36.8 Å². The Morgan fingerprint density at radius 1 is 0.647 bits per heavy atom. The molecule has 0 spiro atoms. The molecule has 0 saturated carbocycles. The van der Waals surface area contributed by atoms with Crippen molar-refractivity contribution >= 4 is 17.4 Å². The number of hydrogen-bond acceptors (Lipinski definition) is 7. The van der Waals surface area contributed by atoms with Gasteiger partial charge in [0.1, 0.15) is 30.5 Å². The highest BCUT2D eigenvalue weighted by Gasteiger charge is 2.49. The molecule has 1 aliphatic heterocycles. The fourth-order valence-corrected chi connectivity index (χ4v) is 6.49. The zero-order valence-electron chi connectivity index (χ0n) is 28.7. The van der Waals surface area contributed by atoms with Crippen molar-refractivity contribution in [2.75, 3.05) is 6.61 Å². The molecule has 0 amide bonds. The van der Waals surface area contributed by atoms with Crippen LogP contribution in [0.25, 0.3) is 0 Å². The number of rotatable bonds is 16. The number of carbonyl (C=O) groups is 1. The quantitative estimate of drug-likeness (QED) is 0.110. The fraction of sp³-hybridized carbons (Fsp3) is 0.279. The SMILES string of the molecule is CC(=O)C(N)c1cc([C@@H]2O[C@H](COCc3ccccc3)[C@@H](OCc3ccccc3)[C@H](OCc3ccccc3)[C@H]2OCc2ccccc2)ccc1Cl. The molecule has 51 heavy (non-hydrogen) atoms. The lowest BCUT2D eigenvalue weighted by atomic mass is 9.89. The number of Topliss-reactive ketones (excluding diaryl/α,β-unsaturated/α-hetero) is 1. The summed E-state index contributed by atoms with van der Waals surface area (Å²) in [6.07, 6.45) is -3.01. The number of benzene rings is 5. The zero-order chi connectivity index (χ0) is 35.4. The molecule has 1 heterocycles. The van der Waals surface area contributed by atoms with Gasteiger partial charge in [0, 0.05) is 5.02 Å². The lowest BCUT2D eigenvalue weighted by molar-refractivity contribution is -0.275. The molecule has 7 nitrogen and oxygen atoms in total. The minimum Gasteiger partial charge on any atom is -0.374 e. The fourth-order valence-electron chi connectivity index (χ4n) is 6.25. The van der Waals surface area contributed by atoms with Gasteiger partial charge in [-0.1, -0.05) is 139 Å². The Morgan fingerprint density at radius 3 is 1.59 bits per heavy atom. The molecule has 0 bridgehead atoms. The van der Waals surface area contributed by atoms with Gasteiger partial charge in [0.05, 0.1) is 39.1 Å². The number of ether oxygens (including phenoxy) is 5. The van der Waals surface area contributed by atoms with Crippen molar-refractivity contribution in [2.45, 2.75) is 69.9 Å². The van der Waals surface area contributed by atoms with Crippen LogP contribution in [0.3, 0.4) is 0 Å². The third-order valence-electron chi connectivity index (χ3n) is 9.00. The maximum atomic E-state index is 12.4. The molecule has 1 saturated heterocycles. The summed E-state index contributed by atoms with van der Waals surface area (Å²) in [5.74, 6) is -0.193. The van der Waals surface area contributed by atoms with Gasteiger partial charge in [-0.15, -0.1) is 0 Å². The van der Waals surface area contributed by atoms with Crippen LogP contribution >= 0.6 is 11.6 Å². The number of ketones is 1. The van der Waals surface area contributed by atoms with E-state index in [1.54, 1.807) is 6.07 Å². The molecular weight excluding hydrogens is 662 g/mol. The van der Waals surface area contributed by atoms with Gasteiger partial charge in [-0.3, -0.25) is 4.79 Å². The monoisotopic (exact) mass is 705 g/mol. The molecule has 264 valence electrons. The molecule has 0 radical (unpaired) electrons. The maximum Gasteiger partial charge on any atom is 0.151 e. The van der Waals surface area contributed by atoms with E-state index >= 15 is 0 Å². The second-order valence-corrected chi connectivity index (χ2v) is 13.2. The molecular formula is C43H44ClNO6. The van der Waals surface area contributed by atoms with Crippen LogP contribution in [0.15, 0.2) is 140 Å². The summed E-state index contributed by atoms with van der Waals surface area (Å²) in [7, 11) is 0. The molecule has 6 rings (SSSR count). The largest absolute Gasteiger partial charge is 0.374 e. The van der Waals surface area contributed by atoms with E-state index in [4.69, 9.17) is 41.0 Å². The van der Waals surface area contributed by atoms with Gasteiger partial charge in [0.2, 0.25) is 0 Å². The summed E-state index contributed by atoms with van der Waals surface area (Å²) < 4.78 is 33.8. The predicted molar refractivity (Wildman–Crippen MR) is 198 cm³/mol. The lowest BCUT2D eigenvalue weighted by Crippen LogP contribution is -2.58. The van der Waals surface area contributed by atoms with Crippen molar-refractivity contribution in [1.29, 1.82) is 0 Å². The van der Waals surface area contributed by atoms with E-state index in [9.17, 15) is 4.79 Å². The van der Waals surface area contributed by atoms with E-state index in [-0.39, 0.29) is 12.4 Å². The highest BCUT2D eigenvalue weighted by molar-refractivity contribution is 6.31. The van der Waals surface area contributed by atoms with Crippen LogP contribution in [0.1, 0.15) is 52.5 Å². The molecule has 5 aromatic carbocycles. The Morgan fingerprint density at radius 2 is 1.10 bits per heavy atom. The van der Waals surface area contributed by atoms with E-state index in [0.717, 1.165) is 27.8 Å². The van der Waals surface area contributed by atoms with Crippen LogP contribution in [0, 0.1) is 0 Å². The first-order chi connectivity index (χ1) is 25.0. The van der Waals surface area contributed by atoms with E-state index in [0.29, 0.717) is 37.0 Å². The van der Waals surface area contributed by atoms with Crippen LogP contribution in [0.4, 0.5) is 0 Å². The summed E-state index contributed by atoms with van der Waals surface area (Å²) in [5.41, 5.74) is 11.7. The Hall–Kier alpha value is -4.18. The molecule has 5 aromatic rings. The third-order valence-corrected chi connectivity index (χ3v) is 9.35. The first-order valence-corrected chi connectivity index (χ1v) is 17.6. The van der Waals surface area contributed by atoms with Crippen molar-refractivity contribution in [2.24, 2.45) is 5.73 Å². The number of nitrogens with two attached hydrogens (primary N) is 1. The highest BCUT2D eigenvalue weighted by Crippen LogP contribution is 2.40. The van der Waals surface area contributed by atoms with Crippen molar-refractivity contribution < 1.29 is 28.5 Å². The minimum atomic E-state index is -0.887. The Labute approximate surface area is 305 Å². The molecule has 2 N–H and O–H groups in total. The molecule has 1 unspecified atom stereocenters. The van der Waals surface area contributed by atoms with Gasteiger partial charge in [-0.05, 0) is 52.4 Å². The smallest absolute Gasteiger partial charge is 0.151 e. The van der Waals surface area contributed by atoms with Crippen molar-refractivity contribution in [3.8, 4) is 0 Å². The molecule has 0 aromatic heterocycles. The van der Waals surface area contributed by atoms with Crippen molar-refractivity contribution in [3.63, 3.8) is 0 Å². The average Bonchev–Trinajstić information content (AvgIpc) is 3.17. The van der Waals surface area contributed by atoms with Gasteiger partial charge in [0.25, 0.3) is 0 Å². The van der Waals surface area contributed by atoms with Crippen LogP contribution in [-0.2, 0) is 54.9 Å². The molecule has 6 atom stereocenters. The molecule has 8 heteroatoms. The average molecular weight is 706 g/mol. The van der Waals surface area contributed by atoms with Gasteiger partial charge < -0.3 is 29.4 Å². The zero-order valence-corrected chi connectivity index (χ0v) is 29.4. The number of carbonyl (C=O) groups excluding carboxylic acids is 1. The first kappa shape index (κ1) is 36.6. The Bertz CT molecular complexity index is 1790. The second kappa shape index (κ2) is 18.4. The minimum absolute atomic E-state index is 0.193. The summed E-state index contributed by atoms with van der Waals surface area (Å²) >= 11 is 6.61. The van der Waals surface area contributed by atoms with Gasteiger partial charge in [-0.2, -0.15) is 0 Å². The normalized spacial score (nSPS) is 20.9. The number of hydrogen-bond donors (Lipinski definition) is 1. The van der Waals surface area contributed by atoms with Crippen LogP contribution < -0.4 is 5.73 Å². The van der Waals surface area contributed by atoms with Gasteiger partial charge in [-0.25, -0.2) is 0 Å². The summed E-state index contributed by atoms with van der Waals surface area (Å²) in [6.45, 7) is 3.06. The van der Waals surface area contributed by atoms with Gasteiger partial charge >= 0.3 is 0 Å². The van der Waals surface area contributed by atoms with Gasteiger partial charge in [0.15, 0.2) is 5.78 Å². The Balaban J connectivity index is 1.39. The van der Waals surface area contributed by atoms with Crippen LogP contribution in [0.2, 0.25) is 5.02 Å². The predicted octanol–water partition coefficient (Wildman–Crippen LogP) is 8.34. The van der Waals surface area contributed by atoms with Crippen LogP contribution in [0.5, 0.6) is 0 Å². The summed E-state index contributed by atoms with van der Waals surface area (Å²) in [6, 6.07) is 44.7. The summed E-state index contributed by atoms with van der Waals surface area (Å²) in [5, 5.41) is 0.405. The molecule has 1 fully saturated rings. The van der Waals surface area contributed by atoms with Crippen molar-refractivity contribution in [1.82, 2.24) is 0 Å². The maximum absolute atomic E-state index is 12.4. The lowest BCUT2D eigenvalue weighted by Gasteiger charge is -2.46. The van der Waals surface area contributed by atoms with Crippen molar-refractivity contribution in [3.05, 3.63) is 178 Å². The van der Waals surface area contributed by atoms with E-state index in [1.165, 1.54) is 6.92 Å². The second-order valence-electron chi connectivity index (χ2n) is 12.7. The Kier molecular flexibility index (Phi) is 13.2. The standard InChI is InChI=1S/C43H44ClNO6/c1-30(46)39(45)36-24-35(22-23-37(36)44)40-42(49-27-33-18-10-4-11-19-33)43(50-28-34-20-12-5-13-21-34)41(48-26-32-16-8-3-9-17-32)38(51-40)29-47-25-31-14-6-2-7-15-31/h2-24,38-43H,25-29,45H2,1H3/t38-,39?,40+,41-,42+,43+/m1/s1. The number of halogens is 1. The highest BCUT2D eigenvalue weighted by atomic mass is 35.5. The summed E-state index contributed by atoms with van der Waals surface area (Å²) in [4.78, 5) is 12.4.